The summed E-state index contributed by atoms with van der Waals surface area (Å²) in [6.07, 6.45) is 2.60. The maximum absolute atomic E-state index is 8.44. The highest BCUT2D eigenvalue weighted by molar-refractivity contribution is 5.63. The number of hydrogen-bond acceptors (Lipinski definition) is 2. The quantitative estimate of drug-likeness (QED) is 0.772. The molecule has 0 atom stereocenters. The lowest BCUT2D eigenvalue weighted by atomic mass is 10.0. The van der Waals surface area contributed by atoms with Gasteiger partial charge in [0, 0.05) is 6.42 Å². The lowest BCUT2D eigenvalue weighted by molar-refractivity contribution is 0.655. The lowest BCUT2D eigenvalue weighted by Crippen LogP contribution is -2.18. The first-order valence-electron chi connectivity index (χ1n) is 7.12. The van der Waals surface area contributed by atoms with E-state index in [4.69, 9.17) is 5.26 Å². The Bertz CT molecular complexity index is 538. The summed E-state index contributed by atoms with van der Waals surface area (Å²) in [5.41, 5.74) is 3.86. The van der Waals surface area contributed by atoms with Crippen LogP contribution in [0.3, 0.4) is 0 Å². The molecule has 0 saturated carbocycles. The molecule has 2 rings (SSSR count). The van der Waals surface area contributed by atoms with Crippen molar-refractivity contribution < 1.29 is 0 Å². The van der Waals surface area contributed by atoms with E-state index >= 15 is 0 Å². The predicted molar refractivity (Wildman–Crippen MR) is 83.3 cm³/mol. The number of rotatable bonds is 7. The van der Waals surface area contributed by atoms with E-state index in [0.29, 0.717) is 6.42 Å². The van der Waals surface area contributed by atoms with Crippen LogP contribution >= 0.6 is 0 Å². The second-order valence-corrected chi connectivity index (χ2v) is 4.82. The summed E-state index contributed by atoms with van der Waals surface area (Å²) in [6.45, 7) is 1.89. The molecule has 0 aromatic heterocycles. The van der Waals surface area contributed by atoms with Crippen molar-refractivity contribution in [2.75, 3.05) is 13.1 Å². The fourth-order valence-corrected chi connectivity index (χ4v) is 2.14. The number of nitriles is 1. The number of hydrogen-bond donors (Lipinski definition) is 1. The third kappa shape index (κ3) is 4.53. The average molecular weight is 264 g/mol. The van der Waals surface area contributed by atoms with Crippen LogP contribution in [0.25, 0.3) is 11.1 Å². The first-order valence-corrected chi connectivity index (χ1v) is 7.12. The third-order valence-corrected chi connectivity index (χ3v) is 3.29. The van der Waals surface area contributed by atoms with Gasteiger partial charge in [-0.3, -0.25) is 0 Å². The molecule has 2 heteroatoms. The minimum Gasteiger partial charge on any atom is -0.316 e. The number of nitrogens with zero attached hydrogens (tertiary/aromatic N) is 1. The minimum absolute atomic E-state index is 0.638. The molecule has 2 nitrogen and oxygen atoms in total. The number of unbranched alkanes of at least 4 members (excludes halogenated alkanes) is 1. The van der Waals surface area contributed by atoms with E-state index in [-0.39, 0.29) is 0 Å². The molecule has 1 N–H and O–H groups in total. The summed E-state index contributed by atoms with van der Waals surface area (Å²) in [5.74, 6) is 0. The molecular weight excluding hydrogens is 244 g/mol. The molecule has 0 aliphatic rings. The molecule has 0 spiro atoms. The molecule has 0 amide bonds. The van der Waals surface area contributed by atoms with Crippen molar-refractivity contribution in [1.29, 1.82) is 5.26 Å². The first-order chi connectivity index (χ1) is 9.90. The second-order valence-electron chi connectivity index (χ2n) is 4.82. The molecule has 102 valence electrons. The predicted octanol–water partition coefficient (Wildman–Crippen LogP) is 3.79. The molecule has 2 aromatic rings. The summed E-state index contributed by atoms with van der Waals surface area (Å²) in [6, 6.07) is 21.3. The zero-order chi connectivity index (χ0) is 14.0. The maximum atomic E-state index is 8.44. The van der Waals surface area contributed by atoms with Crippen molar-refractivity contribution in [2.45, 2.75) is 19.3 Å². The fourth-order valence-electron chi connectivity index (χ4n) is 2.14. The Morgan fingerprint density at radius 3 is 2.25 bits per heavy atom. The maximum Gasteiger partial charge on any atom is 0.0622 e. The smallest absolute Gasteiger partial charge is 0.0622 e. The molecule has 0 heterocycles. The molecular formula is C18H20N2. The normalized spacial score (nSPS) is 10.2. The zero-order valence-electron chi connectivity index (χ0n) is 11.7. The van der Waals surface area contributed by atoms with Gasteiger partial charge in [0.25, 0.3) is 0 Å². The minimum atomic E-state index is 0.638. The van der Waals surface area contributed by atoms with Gasteiger partial charge in [0.05, 0.1) is 6.07 Å². The highest BCUT2D eigenvalue weighted by Crippen LogP contribution is 2.19. The summed E-state index contributed by atoms with van der Waals surface area (Å²) < 4.78 is 0. The van der Waals surface area contributed by atoms with Crippen LogP contribution in [0.15, 0.2) is 54.6 Å². The topological polar surface area (TPSA) is 35.8 Å². The van der Waals surface area contributed by atoms with E-state index in [2.05, 4.69) is 59.9 Å². The van der Waals surface area contributed by atoms with Gasteiger partial charge in [0.2, 0.25) is 0 Å². The lowest BCUT2D eigenvalue weighted by Gasteiger charge is -2.06. The van der Waals surface area contributed by atoms with Crippen LogP contribution in [0.2, 0.25) is 0 Å². The van der Waals surface area contributed by atoms with Crippen LogP contribution in [0.1, 0.15) is 18.4 Å². The Morgan fingerprint density at radius 2 is 1.55 bits per heavy atom. The second kappa shape index (κ2) is 8.14. The monoisotopic (exact) mass is 264 g/mol. The fraction of sp³-hybridized carbons (Fsp3) is 0.278. The van der Waals surface area contributed by atoms with Crippen LogP contribution in [0, 0.1) is 11.3 Å². The van der Waals surface area contributed by atoms with E-state index < -0.39 is 0 Å². The average Bonchev–Trinajstić information content (AvgIpc) is 2.52. The summed E-state index contributed by atoms with van der Waals surface area (Å²) in [5, 5.41) is 11.8. The van der Waals surface area contributed by atoms with Gasteiger partial charge in [0.15, 0.2) is 0 Å². The first kappa shape index (κ1) is 14.3. The van der Waals surface area contributed by atoms with Crippen LogP contribution in [0.4, 0.5) is 0 Å². The van der Waals surface area contributed by atoms with Gasteiger partial charge >= 0.3 is 0 Å². The Labute approximate surface area is 121 Å². The van der Waals surface area contributed by atoms with E-state index in [1.165, 1.54) is 16.7 Å². The molecule has 0 bridgehead atoms. The summed E-state index contributed by atoms with van der Waals surface area (Å²) in [4.78, 5) is 0. The molecule has 0 aliphatic heterocycles. The van der Waals surface area contributed by atoms with Crippen molar-refractivity contribution in [1.82, 2.24) is 5.32 Å². The highest BCUT2D eigenvalue weighted by Gasteiger charge is 1.97. The van der Waals surface area contributed by atoms with Gasteiger partial charge in [-0.05, 0) is 42.6 Å². The molecule has 0 aliphatic carbocycles. The van der Waals surface area contributed by atoms with Gasteiger partial charge < -0.3 is 5.32 Å². The Kier molecular flexibility index (Phi) is 5.82. The molecule has 0 fully saturated rings. The standard InChI is InChI=1S/C18H20N2/c19-13-4-5-14-20-15-12-16-8-10-18(11-9-16)17-6-2-1-3-7-17/h1-3,6-11,20H,4-5,12,14-15H2. The van der Waals surface area contributed by atoms with Gasteiger partial charge in [-0.15, -0.1) is 0 Å². The number of benzene rings is 2. The zero-order valence-corrected chi connectivity index (χ0v) is 11.7. The summed E-state index contributed by atoms with van der Waals surface area (Å²) in [7, 11) is 0. The largest absolute Gasteiger partial charge is 0.316 e. The SMILES string of the molecule is N#CCCCNCCc1ccc(-c2ccccc2)cc1. The summed E-state index contributed by atoms with van der Waals surface area (Å²) >= 11 is 0. The van der Waals surface area contributed by atoms with Crippen LogP contribution in [0.5, 0.6) is 0 Å². The molecule has 0 radical (unpaired) electrons. The Hall–Kier alpha value is -2.11. The van der Waals surface area contributed by atoms with Crippen molar-refractivity contribution in [2.24, 2.45) is 0 Å². The molecule has 2 aromatic carbocycles. The van der Waals surface area contributed by atoms with Gasteiger partial charge in [0.1, 0.15) is 0 Å². The van der Waals surface area contributed by atoms with Crippen molar-refractivity contribution >= 4 is 0 Å². The third-order valence-electron chi connectivity index (χ3n) is 3.29. The van der Waals surface area contributed by atoms with Gasteiger partial charge in [-0.25, -0.2) is 0 Å². The van der Waals surface area contributed by atoms with E-state index in [0.717, 1.165) is 25.9 Å². The van der Waals surface area contributed by atoms with Crippen LogP contribution in [-0.4, -0.2) is 13.1 Å². The van der Waals surface area contributed by atoms with Crippen LogP contribution < -0.4 is 5.32 Å². The Balaban J connectivity index is 1.79. The Morgan fingerprint density at radius 1 is 0.850 bits per heavy atom. The van der Waals surface area contributed by atoms with E-state index in [1.54, 1.807) is 0 Å². The van der Waals surface area contributed by atoms with Gasteiger partial charge in [-0.1, -0.05) is 54.6 Å². The molecule has 20 heavy (non-hydrogen) atoms. The van der Waals surface area contributed by atoms with Crippen molar-refractivity contribution in [3.05, 3.63) is 60.2 Å². The molecule has 0 saturated heterocycles. The van der Waals surface area contributed by atoms with E-state index in [1.807, 2.05) is 6.07 Å². The van der Waals surface area contributed by atoms with Crippen molar-refractivity contribution in [3.63, 3.8) is 0 Å². The van der Waals surface area contributed by atoms with Gasteiger partial charge in [-0.2, -0.15) is 5.26 Å². The van der Waals surface area contributed by atoms with Crippen LogP contribution in [-0.2, 0) is 6.42 Å². The highest BCUT2D eigenvalue weighted by atomic mass is 14.8. The number of nitrogens with one attached hydrogen (secondary N) is 1. The van der Waals surface area contributed by atoms with E-state index in [9.17, 15) is 0 Å². The molecule has 0 unspecified atom stereocenters. The van der Waals surface area contributed by atoms with Crippen molar-refractivity contribution in [3.8, 4) is 17.2 Å².